The van der Waals surface area contributed by atoms with E-state index in [4.69, 9.17) is 18.9 Å². The molecule has 2 aromatic heterocycles. The number of benzene rings is 2. The third-order valence-electron chi connectivity index (χ3n) is 4.98. The summed E-state index contributed by atoms with van der Waals surface area (Å²) >= 11 is 0. The summed E-state index contributed by atoms with van der Waals surface area (Å²) in [6.07, 6.45) is 3.87. The minimum absolute atomic E-state index is 0.294. The fourth-order valence-electron chi connectivity index (χ4n) is 3.49. The minimum Gasteiger partial charge on any atom is -0.493 e. The van der Waals surface area contributed by atoms with Crippen molar-refractivity contribution in [3.05, 3.63) is 78.2 Å². The Bertz CT molecular complexity index is 1230. The molecule has 0 unspecified atom stereocenters. The Balaban J connectivity index is 1.29. The standard InChI is InChI=1S/C24H21N3O5/c1-29-20-11-16(12-21-23(20)31-10-9-30-21)24(28)26-17-5-4-6-19(13-17)32-15-18-14-27-8-3-2-7-22(27)25-18/h2-8,11-14H,9-10,15H2,1H3,(H,26,28). The van der Waals surface area contributed by atoms with Crippen LogP contribution in [0.25, 0.3) is 5.65 Å². The first-order valence-corrected chi connectivity index (χ1v) is 10.1. The first-order valence-electron chi connectivity index (χ1n) is 10.1. The van der Waals surface area contributed by atoms with Crippen LogP contribution in [0.15, 0.2) is 67.0 Å². The summed E-state index contributed by atoms with van der Waals surface area (Å²) in [6, 6.07) is 16.3. The topological polar surface area (TPSA) is 83.3 Å². The number of carbonyl (C=O) groups excluding carboxylic acids is 1. The Morgan fingerprint density at radius 1 is 1.12 bits per heavy atom. The molecule has 1 N–H and O–H groups in total. The number of fused-ring (bicyclic) bond motifs is 2. The molecule has 8 heteroatoms. The molecular weight excluding hydrogens is 410 g/mol. The zero-order valence-electron chi connectivity index (χ0n) is 17.4. The molecule has 2 aromatic carbocycles. The molecule has 1 aliphatic rings. The van der Waals surface area contributed by atoms with Crippen molar-refractivity contribution in [2.45, 2.75) is 6.61 Å². The van der Waals surface area contributed by atoms with Gasteiger partial charge in [-0.1, -0.05) is 12.1 Å². The molecule has 0 spiro atoms. The lowest BCUT2D eigenvalue weighted by Crippen LogP contribution is -2.18. The Kier molecular flexibility index (Phi) is 5.25. The third kappa shape index (κ3) is 4.02. The largest absolute Gasteiger partial charge is 0.493 e. The summed E-state index contributed by atoms with van der Waals surface area (Å²) < 4.78 is 24.4. The Labute approximate surface area is 184 Å². The van der Waals surface area contributed by atoms with Crippen molar-refractivity contribution < 1.29 is 23.7 Å². The highest BCUT2D eigenvalue weighted by Gasteiger charge is 2.21. The summed E-state index contributed by atoms with van der Waals surface area (Å²) in [4.78, 5) is 17.4. The first kappa shape index (κ1) is 19.7. The summed E-state index contributed by atoms with van der Waals surface area (Å²) in [5.74, 6) is 1.79. The maximum Gasteiger partial charge on any atom is 0.255 e. The highest BCUT2D eigenvalue weighted by Crippen LogP contribution is 2.40. The Hall–Kier alpha value is -4.20. The number of hydrogen-bond acceptors (Lipinski definition) is 6. The predicted molar refractivity (Wildman–Crippen MR) is 118 cm³/mol. The molecule has 0 saturated heterocycles. The van der Waals surface area contributed by atoms with E-state index in [0.29, 0.717) is 54.1 Å². The lowest BCUT2D eigenvalue weighted by molar-refractivity contribution is 0.102. The molecule has 3 heterocycles. The van der Waals surface area contributed by atoms with Gasteiger partial charge in [-0.15, -0.1) is 0 Å². The van der Waals surface area contributed by atoms with Gasteiger partial charge in [0.1, 0.15) is 31.2 Å². The smallest absolute Gasteiger partial charge is 0.255 e. The van der Waals surface area contributed by atoms with E-state index in [1.807, 2.05) is 47.1 Å². The zero-order valence-corrected chi connectivity index (χ0v) is 17.4. The number of rotatable bonds is 6. The predicted octanol–water partition coefficient (Wildman–Crippen LogP) is 3.95. The number of anilines is 1. The van der Waals surface area contributed by atoms with E-state index >= 15 is 0 Å². The van der Waals surface area contributed by atoms with Gasteiger partial charge in [-0.05, 0) is 36.4 Å². The number of carbonyl (C=O) groups is 1. The van der Waals surface area contributed by atoms with Crippen molar-refractivity contribution in [1.29, 1.82) is 0 Å². The second kappa shape index (κ2) is 8.50. The van der Waals surface area contributed by atoms with Crippen molar-refractivity contribution in [2.24, 2.45) is 0 Å². The molecule has 0 saturated carbocycles. The third-order valence-corrected chi connectivity index (χ3v) is 4.98. The number of nitrogens with one attached hydrogen (secondary N) is 1. The van der Waals surface area contributed by atoms with Gasteiger partial charge in [0.25, 0.3) is 5.91 Å². The number of aromatic nitrogens is 2. The summed E-state index contributed by atoms with van der Waals surface area (Å²) in [7, 11) is 1.53. The van der Waals surface area contributed by atoms with Gasteiger partial charge in [-0.3, -0.25) is 4.79 Å². The number of nitrogens with zero attached hydrogens (tertiary/aromatic N) is 2. The molecule has 162 valence electrons. The van der Waals surface area contributed by atoms with Crippen LogP contribution in [0.3, 0.4) is 0 Å². The van der Waals surface area contributed by atoms with E-state index in [-0.39, 0.29) is 5.91 Å². The molecule has 5 rings (SSSR count). The van der Waals surface area contributed by atoms with Crippen LogP contribution in [-0.2, 0) is 6.61 Å². The first-order chi connectivity index (χ1) is 15.7. The molecule has 1 aliphatic heterocycles. The number of methoxy groups -OCH3 is 1. The van der Waals surface area contributed by atoms with Crippen molar-refractivity contribution in [1.82, 2.24) is 9.38 Å². The quantitative estimate of drug-likeness (QED) is 0.498. The van der Waals surface area contributed by atoms with Gasteiger partial charge in [0, 0.05) is 29.7 Å². The fraction of sp³-hybridized carbons (Fsp3) is 0.167. The molecule has 0 aliphatic carbocycles. The van der Waals surface area contributed by atoms with E-state index < -0.39 is 0 Å². The van der Waals surface area contributed by atoms with Gasteiger partial charge >= 0.3 is 0 Å². The number of hydrogen-bond donors (Lipinski definition) is 1. The van der Waals surface area contributed by atoms with E-state index in [1.54, 1.807) is 24.3 Å². The van der Waals surface area contributed by atoms with Gasteiger partial charge in [-0.25, -0.2) is 4.98 Å². The molecule has 1 amide bonds. The summed E-state index contributed by atoms with van der Waals surface area (Å²) in [5, 5.41) is 2.89. The molecular formula is C24H21N3O5. The van der Waals surface area contributed by atoms with E-state index in [1.165, 1.54) is 7.11 Å². The van der Waals surface area contributed by atoms with E-state index in [9.17, 15) is 4.79 Å². The lowest BCUT2D eigenvalue weighted by atomic mass is 10.1. The van der Waals surface area contributed by atoms with Crippen LogP contribution < -0.4 is 24.3 Å². The monoisotopic (exact) mass is 431 g/mol. The van der Waals surface area contributed by atoms with Gasteiger partial charge in [0.2, 0.25) is 5.75 Å². The van der Waals surface area contributed by atoms with Crippen molar-refractivity contribution in [3.8, 4) is 23.0 Å². The van der Waals surface area contributed by atoms with Crippen LogP contribution in [0.1, 0.15) is 16.1 Å². The van der Waals surface area contributed by atoms with Crippen molar-refractivity contribution >= 4 is 17.2 Å². The van der Waals surface area contributed by atoms with Gasteiger partial charge in [-0.2, -0.15) is 0 Å². The van der Waals surface area contributed by atoms with Gasteiger partial charge < -0.3 is 28.7 Å². The lowest BCUT2D eigenvalue weighted by Gasteiger charge is -2.21. The van der Waals surface area contributed by atoms with Crippen LogP contribution in [-0.4, -0.2) is 35.6 Å². The van der Waals surface area contributed by atoms with Gasteiger partial charge in [0.15, 0.2) is 11.5 Å². The van der Waals surface area contributed by atoms with Crippen LogP contribution in [0, 0.1) is 0 Å². The molecule has 0 bridgehead atoms. The number of amides is 1. The normalized spacial score (nSPS) is 12.4. The molecule has 0 radical (unpaired) electrons. The van der Waals surface area contributed by atoms with Gasteiger partial charge in [0.05, 0.1) is 12.8 Å². The molecule has 4 aromatic rings. The van der Waals surface area contributed by atoms with Crippen LogP contribution in [0.5, 0.6) is 23.0 Å². The van der Waals surface area contributed by atoms with E-state index in [0.717, 1.165) is 11.3 Å². The Morgan fingerprint density at radius 2 is 2.03 bits per heavy atom. The van der Waals surface area contributed by atoms with Crippen LogP contribution in [0.4, 0.5) is 5.69 Å². The van der Waals surface area contributed by atoms with Crippen molar-refractivity contribution in [2.75, 3.05) is 25.6 Å². The maximum atomic E-state index is 12.8. The molecule has 8 nitrogen and oxygen atoms in total. The SMILES string of the molecule is COc1cc(C(=O)Nc2cccc(OCc3cn4ccccc4n3)c2)cc2c1OCCO2. The van der Waals surface area contributed by atoms with Crippen LogP contribution in [0.2, 0.25) is 0 Å². The van der Waals surface area contributed by atoms with E-state index in [2.05, 4.69) is 10.3 Å². The van der Waals surface area contributed by atoms with Crippen LogP contribution >= 0.6 is 0 Å². The summed E-state index contributed by atoms with van der Waals surface area (Å²) in [5.41, 5.74) is 2.69. The van der Waals surface area contributed by atoms with Crippen molar-refractivity contribution in [3.63, 3.8) is 0 Å². The molecule has 32 heavy (non-hydrogen) atoms. The molecule has 0 atom stereocenters. The summed E-state index contributed by atoms with van der Waals surface area (Å²) in [6.45, 7) is 1.18. The second-order valence-electron chi connectivity index (χ2n) is 7.17. The molecule has 0 fully saturated rings. The zero-order chi connectivity index (χ0) is 21.9. The highest BCUT2D eigenvalue weighted by atomic mass is 16.6. The highest BCUT2D eigenvalue weighted by molar-refractivity contribution is 6.05. The average Bonchev–Trinajstić information content (AvgIpc) is 3.25. The average molecular weight is 431 g/mol. The Morgan fingerprint density at radius 3 is 2.91 bits per heavy atom. The minimum atomic E-state index is -0.294. The number of imidazole rings is 1. The maximum absolute atomic E-state index is 12.8. The fourth-order valence-corrected chi connectivity index (χ4v) is 3.49. The number of ether oxygens (including phenoxy) is 4. The number of pyridine rings is 1. The second-order valence-corrected chi connectivity index (χ2v) is 7.17.